The molecule has 0 spiro atoms. The van der Waals surface area contributed by atoms with E-state index in [1.54, 1.807) is 12.1 Å². The minimum atomic E-state index is -4.79. The number of benzene rings is 11. The van der Waals surface area contributed by atoms with Gasteiger partial charge in [-0.2, -0.15) is 23.7 Å². The molecule has 13 aromatic rings. The summed E-state index contributed by atoms with van der Waals surface area (Å²) in [5.74, 6) is 0. The molecule has 0 amide bonds. The Balaban J connectivity index is 1.14. The predicted octanol–water partition coefficient (Wildman–Crippen LogP) is 21.1. The van der Waals surface area contributed by atoms with Crippen LogP contribution in [0.1, 0.15) is 61.2 Å². The van der Waals surface area contributed by atoms with E-state index in [9.17, 15) is 10.5 Å². The lowest BCUT2D eigenvalue weighted by molar-refractivity contribution is -0.137. The first-order valence-corrected chi connectivity index (χ1v) is 28.2. The molecular weight excluding hydrogens is 1040 g/mol. The fourth-order valence-corrected chi connectivity index (χ4v) is 13.1. The Hall–Kier alpha value is -10.2. The number of halogens is 3. The molecule has 2 aromatic heterocycles. The molecule has 0 aliphatic rings. The van der Waals surface area contributed by atoms with Crippen molar-refractivity contribution < 1.29 is 13.2 Å². The summed E-state index contributed by atoms with van der Waals surface area (Å²) in [6.45, 7) is 16.9. The molecule has 406 valence electrons. The summed E-state index contributed by atoms with van der Waals surface area (Å²) >= 11 is 0. The summed E-state index contributed by atoms with van der Waals surface area (Å²) in [6, 6.07) is 71.6. The Kier molecular flexibility index (Phi) is 12.9. The van der Waals surface area contributed by atoms with Gasteiger partial charge in [-0.1, -0.05) is 138 Å². The quantitative estimate of drug-likeness (QED) is 0.152. The molecule has 0 aliphatic heterocycles. The van der Waals surface area contributed by atoms with Crippen LogP contribution in [0.5, 0.6) is 0 Å². The van der Waals surface area contributed by atoms with E-state index >= 15 is 13.2 Å². The first-order chi connectivity index (χ1) is 40.5. The number of rotatable bonds is 8. The number of aryl methyl sites for hydroxylation is 8. The zero-order chi connectivity index (χ0) is 58.5. The highest BCUT2D eigenvalue weighted by Gasteiger charge is 2.35. The van der Waals surface area contributed by atoms with Crippen LogP contribution in [-0.4, -0.2) is 9.13 Å². The van der Waals surface area contributed by atoms with Gasteiger partial charge in [0.2, 0.25) is 0 Å². The maximum atomic E-state index is 15.4. The van der Waals surface area contributed by atoms with Gasteiger partial charge in [0.05, 0.1) is 62.3 Å². The zero-order valence-electron chi connectivity index (χ0n) is 48.0. The van der Waals surface area contributed by atoms with E-state index in [2.05, 4.69) is 216 Å². The van der Waals surface area contributed by atoms with Gasteiger partial charge in [0, 0.05) is 32.7 Å². The van der Waals surface area contributed by atoms with Gasteiger partial charge in [0.25, 0.3) is 0 Å². The average molecular weight is 1100 g/mol. The first-order valence-electron chi connectivity index (χ1n) is 28.2. The Morgan fingerprint density at radius 2 is 0.702 bits per heavy atom. The molecule has 0 saturated carbocycles. The number of alkyl halides is 3. The summed E-state index contributed by atoms with van der Waals surface area (Å²) in [5.41, 5.74) is 23.5. The summed E-state index contributed by atoms with van der Waals surface area (Å²) in [6.07, 6.45) is -4.79. The number of fused-ring (bicyclic) bond motifs is 6. The molecular formula is C77H57F3N4. The second-order valence-electron chi connectivity index (χ2n) is 22.8. The lowest BCUT2D eigenvalue weighted by Gasteiger charge is -2.21. The fourth-order valence-electron chi connectivity index (χ4n) is 13.1. The van der Waals surface area contributed by atoms with Crippen molar-refractivity contribution in [3.8, 4) is 90.3 Å². The highest BCUT2D eigenvalue weighted by atomic mass is 19.4. The molecule has 4 nitrogen and oxygen atoms in total. The molecule has 84 heavy (non-hydrogen) atoms. The monoisotopic (exact) mass is 1090 g/mol. The van der Waals surface area contributed by atoms with E-state index in [1.165, 1.54) is 34.4 Å². The van der Waals surface area contributed by atoms with Crippen LogP contribution >= 0.6 is 0 Å². The lowest BCUT2D eigenvalue weighted by Crippen LogP contribution is -2.08. The molecule has 0 unspecified atom stereocenters. The molecule has 0 atom stereocenters. The van der Waals surface area contributed by atoms with E-state index in [-0.39, 0.29) is 16.7 Å². The standard InChI is InChI=1S/C77H57F3N4/c1-44-12-22-59(48(5)32-44)53-17-27-70-64(37-53)65-38-54(60-23-13-45(2)33-49(60)6)18-28-71(65)83(70)74-31-21-57(63-26-16-52(42-81)36-69(63)77(78,79)80)41-68(74)76-58(43-82)10-9-11-75(76)84-72-29-19-55(61-24-14-46(3)34-50(61)7)39-66(72)67-40-56(20-30-73(67)84)62-25-15-47(4)35-51(62)8/h9-41H,1-8H3. The molecule has 0 N–H and O–H groups in total. The van der Waals surface area contributed by atoms with Crippen molar-refractivity contribution in [1.29, 1.82) is 10.5 Å². The third-order valence-corrected chi connectivity index (χ3v) is 17.0. The van der Waals surface area contributed by atoms with E-state index in [4.69, 9.17) is 0 Å². The molecule has 0 bridgehead atoms. The van der Waals surface area contributed by atoms with Crippen molar-refractivity contribution in [3.05, 3.63) is 261 Å². The Morgan fingerprint density at radius 1 is 0.333 bits per heavy atom. The van der Waals surface area contributed by atoms with Crippen molar-refractivity contribution >= 4 is 43.6 Å². The summed E-state index contributed by atoms with van der Waals surface area (Å²) in [7, 11) is 0. The minimum Gasteiger partial charge on any atom is -0.309 e. The van der Waals surface area contributed by atoms with Gasteiger partial charge in [0.15, 0.2) is 0 Å². The van der Waals surface area contributed by atoms with Crippen LogP contribution in [0.25, 0.3) is 122 Å². The Labute approximate surface area is 487 Å². The SMILES string of the molecule is Cc1ccc(-c2ccc3c(c2)c2cc(-c4ccc(C)cc4C)ccc2n3-c2ccc(-c3ccc(C#N)cc3C(F)(F)F)cc2-c2c(C#N)cccc2-n2c3ccc(-c4ccc(C)cc4C)cc3c3cc(-c4ccc(C)cc4C)ccc32)c(C)c1. The van der Waals surface area contributed by atoms with Gasteiger partial charge >= 0.3 is 6.18 Å². The summed E-state index contributed by atoms with van der Waals surface area (Å²) < 4.78 is 50.6. The fraction of sp³-hybridized carbons (Fsp3) is 0.117. The van der Waals surface area contributed by atoms with Crippen molar-refractivity contribution in [1.82, 2.24) is 9.13 Å². The van der Waals surface area contributed by atoms with E-state index in [1.807, 2.05) is 30.3 Å². The Morgan fingerprint density at radius 3 is 1.07 bits per heavy atom. The maximum Gasteiger partial charge on any atom is 0.417 e. The largest absolute Gasteiger partial charge is 0.417 e. The molecule has 0 aliphatic carbocycles. The third-order valence-electron chi connectivity index (χ3n) is 17.0. The number of nitrogens with zero attached hydrogens (tertiary/aromatic N) is 4. The highest BCUT2D eigenvalue weighted by Crippen LogP contribution is 2.48. The van der Waals surface area contributed by atoms with Gasteiger partial charge in [-0.25, -0.2) is 0 Å². The first kappa shape index (κ1) is 53.1. The van der Waals surface area contributed by atoms with Crippen molar-refractivity contribution in [2.75, 3.05) is 0 Å². The normalized spacial score (nSPS) is 11.7. The van der Waals surface area contributed by atoms with Gasteiger partial charge in [-0.3, -0.25) is 0 Å². The third kappa shape index (κ3) is 9.01. The summed E-state index contributed by atoms with van der Waals surface area (Å²) in [5, 5.41) is 25.4. The molecule has 7 heteroatoms. The van der Waals surface area contributed by atoms with Crippen molar-refractivity contribution in [2.45, 2.75) is 61.6 Å². The number of aromatic nitrogens is 2. The van der Waals surface area contributed by atoms with Crippen LogP contribution in [0.4, 0.5) is 13.2 Å². The maximum absolute atomic E-state index is 15.4. The molecule has 0 fully saturated rings. The van der Waals surface area contributed by atoms with Gasteiger partial charge in [-0.05, 0) is 218 Å². The number of nitriles is 2. The van der Waals surface area contributed by atoms with Crippen LogP contribution in [0, 0.1) is 78.1 Å². The van der Waals surface area contributed by atoms with E-state index < -0.39 is 11.7 Å². The van der Waals surface area contributed by atoms with Crippen LogP contribution in [0.15, 0.2) is 200 Å². The molecule has 2 heterocycles. The predicted molar refractivity (Wildman–Crippen MR) is 340 cm³/mol. The van der Waals surface area contributed by atoms with E-state index in [0.29, 0.717) is 28.1 Å². The van der Waals surface area contributed by atoms with Gasteiger partial charge in [-0.15, -0.1) is 0 Å². The smallest absolute Gasteiger partial charge is 0.309 e. The van der Waals surface area contributed by atoms with Crippen LogP contribution in [0.3, 0.4) is 0 Å². The van der Waals surface area contributed by atoms with Gasteiger partial charge in [0.1, 0.15) is 0 Å². The highest BCUT2D eigenvalue weighted by molar-refractivity contribution is 6.14. The average Bonchev–Trinajstić information content (AvgIpc) is 1.83. The number of hydrogen-bond acceptors (Lipinski definition) is 2. The topological polar surface area (TPSA) is 57.4 Å². The van der Waals surface area contributed by atoms with Crippen molar-refractivity contribution in [3.63, 3.8) is 0 Å². The summed E-state index contributed by atoms with van der Waals surface area (Å²) in [4.78, 5) is 0. The second kappa shape index (κ2) is 20.3. The van der Waals surface area contributed by atoms with Gasteiger partial charge < -0.3 is 9.13 Å². The molecule has 11 aromatic carbocycles. The van der Waals surface area contributed by atoms with E-state index in [0.717, 1.165) is 116 Å². The minimum absolute atomic E-state index is 0.0848. The number of hydrogen-bond donors (Lipinski definition) is 0. The molecule has 13 rings (SSSR count). The Bertz CT molecular complexity index is 4790. The second-order valence-corrected chi connectivity index (χ2v) is 22.8. The van der Waals surface area contributed by atoms with Crippen LogP contribution in [-0.2, 0) is 6.18 Å². The lowest BCUT2D eigenvalue weighted by atomic mass is 9.90. The molecule has 0 saturated heterocycles. The zero-order valence-corrected chi connectivity index (χ0v) is 48.0. The van der Waals surface area contributed by atoms with Crippen LogP contribution in [0.2, 0.25) is 0 Å². The van der Waals surface area contributed by atoms with Crippen molar-refractivity contribution in [2.24, 2.45) is 0 Å². The molecule has 0 radical (unpaired) electrons. The van der Waals surface area contributed by atoms with Crippen LogP contribution < -0.4 is 0 Å².